The Labute approximate surface area is 138 Å². The molecular weight excluding hydrogens is 284 g/mol. The number of hydrogen-bond donors (Lipinski definition) is 1. The molecule has 1 atom stereocenters. The molecule has 3 nitrogen and oxygen atoms in total. The lowest BCUT2D eigenvalue weighted by atomic mass is 10.1. The number of amides is 1. The molecule has 120 valence electrons. The van der Waals surface area contributed by atoms with Crippen molar-refractivity contribution in [2.24, 2.45) is 5.92 Å². The van der Waals surface area contributed by atoms with Crippen molar-refractivity contribution in [3.8, 4) is 0 Å². The molecule has 1 unspecified atom stereocenters. The predicted octanol–water partition coefficient (Wildman–Crippen LogP) is 4.35. The summed E-state index contributed by atoms with van der Waals surface area (Å²) in [5, 5.41) is 2.96. The fraction of sp³-hybridized carbons (Fsp3) is 0.350. The third-order valence-corrected chi connectivity index (χ3v) is 4.54. The van der Waals surface area contributed by atoms with Crippen molar-refractivity contribution in [1.29, 1.82) is 0 Å². The van der Waals surface area contributed by atoms with Crippen molar-refractivity contribution in [3.63, 3.8) is 0 Å². The van der Waals surface area contributed by atoms with Gasteiger partial charge in [0.25, 0.3) is 5.91 Å². The molecule has 1 aliphatic heterocycles. The van der Waals surface area contributed by atoms with Crippen LogP contribution in [0, 0.1) is 5.92 Å². The topological polar surface area (TPSA) is 32.3 Å². The largest absolute Gasteiger partial charge is 0.371 e. The summed E-state index contributed by atoms with van der Waals surface area (Å²) in [7, 11) is 0. The van der Waals surface area contributed by atoms with Gasteiger partial charge in [0.1, 0.15) is 0 Å². The second-order valence-electron chi connectivity index (χ2n) is 6.39. The Bertz CT molecular complexity index is 661. The Morgan fingerprint density at radius 1 is 1.13 bits per heavy atom. The summed E-state index contributed by atoms with van der Waals surface area (Å²) in [6, 6.07) is 15.9. The molecule has 1 N–H and O–H groups in total. The Morgan fingerprint density at radius 2 is 1.83 bits per heavy atom. The number of nitrogens with zero attached hydrogens (tertiary/aromatic N) is 1. The van der Waals surface area contributed by atoms with E-state index in [1.807, 2.05) is 36.4 Å². The predicted molar refractivity (Wildman–Crippen MR) is 96.2 cm³/mol. The van der Waals surface area contributed by atoms with E-state index in [0.717, 1.165) is 31.1 Å². The lowest BCUT2D eigenvalue weighted by Crippen LogP contribution is -2.19. The van der Waals surface area contributed by atoms with E-state index in [4.69, 9.17) is 0 Å². The summed E-state index contributed by atoms with van der Waals surface area (Å²) in [5.41, 5.74) is 4.01. The maximum absolute atomic E-state index is 12.3. The zero-order valence-electron chi connectivity index (χ0n) is 13.9. The van der Waals surface area contributed by atoms with E-state index < -0.39 is 0 Å². The van der Waals surface area contributed by atoms with Crippen molar-refractivity contribution >= 4 is 17.3 Å². The zero-order valence-corrected chi connectivity index (χ0v) is 13.9. The Kier molecular flexibility index (Phi) is 4.65. The van der Waals surface area contributed by atoms with E-state index in [0.29, 0.717) is 5.56 Å². The molecule has 1 heterocycles. The van der Waals surface area contributed by atoms with E-state index in [-0.39, 0.29) is 5.91 Å². The Morgan fingerprint density at radius 3 is 2.39 bits per heavy atom. The highest BCUT2D eigenvalue weighted by molar-refractivity contribution is 6.04. The van der Waals surface area contributed by atoms with Crippen LogP contribution in [0.15, 0.2) is 48.5 Å². The van der Waals surface area contributed by atoms with E-state index >= 15 is 0 Å². The van der Waals surface area contributed by atoms with E-state index in [9.17, 15) is 4.79 Å². The first-order valence-corrected chi connectivity index (χ1v) is 8.41. The number of benzene rings is 2. The van der Waals surface area contributed by atoms with Gasteiger partial charge in [0.15, 0.2) is 0 Å². The second kappa shape index (κ2) is 6.86. The van der Waals surface area contributed by atoms with Crippen LogP contribution in [-0.2, 0) is 6.42 Å². The lowest BCUT2D eigenvalue weighted by Gasteiger charge is -2.18. The second-order valence-corrected chi connectivity index (χ2v) is 6.39. The molecule has 1 amide bonds. The van der Waals surface area contributed by atoms with E-state index in [1.165, 1.54) is 17.7 Å². The third-order valence-electron chi connectivity index (χ3n) is 4.54. The van der Waals surface area contributed by atoms with Crippen LogP contribution in [0.1, 0.15) is 36.2 Å². The first-order valence-electron chi connectivity index (χ1n) is 8.41. The highest BCUT2D eigenvalue weighted by Crippen LogP contribution is 2.25. The Balaban J connectivity index is 1.64. The van der Waals surface area contributed by atoms with Gasteiger partial charge in [0, 0.05) is 30.0 Å². The molecule has 23 heavy (non-hydrogen) atoms. The molecule has 0 aromatic heterocycles. The number of nitrogens with one attached hydrogen (secondary N) is 1. The Hall–Kier alpha value is -2.29. The average molecular weight is 308 g/mol. The highest BCUT2D eigenvalue weighted by atomic mass is 16.1. The quantitative estimate of drug-likeness (QED) is 0.911. The van der Waals surface area contributed by atoms with Gasteiger partial charge in [-0.25, -0.2) is 0 Å². The van der Waals surface area contributed by atoms with Gasteiger partial charge in [0.05, 0.1) is 0 Å². The highest BCUT2D eigenvalue weighted by Gasteiger charge is 2.18. The van der Waals surface area contributed by atoms with Crippen molar-refractivity contribution < 1.29 is 4.79 Å². The van der Waals surface area contributed by atoms with Gasteiger partial charge in [-0.3, -0.25) is 4.79 Å². The van der Waals surface area contributed by atoms with Gasteiger partial charge in [-0.1, -0.05) is 26.0 Å². The van der Waals surface area contributed by atoms with Gasteiger partial charge in [-0.2, -0.15) is 0 Å². The molecule has 3 heteroatoms. The van der Waals surface area contributed by atoms with Crippen LogP contribution in [0.2, 0.25) is 0 Å². The smallest absolute Gasteiger partial charge is 0.255 e. The summed E-state index contributed by atoms with van der Waals surface area (Å²) in [5.74, 6) is 0.704. The summed E-state index contributed by atoms with van der Waals surface area (Å²) in [6.45, 7) is 6.64. The maximum Gasteiger partial charge on any atom is 0.255 e. The first-order chi connectivity index (χ1) is 11.2. The summed E-state index contributed by atoms with van der Waals surface area (Å²) >= 11 is 0. The van der Waals surface area contributed by atoms with Crippen LogP contribution in [0.4, 0.5) is 11.4 Å². The van der Waals surface area contributed by atoms with Gasteiger partial charge in [-0.15, -0.1) is 0 Å². The third kappa shape index (κ3) is 3.73. The number of carbonyl (C=O) groups excluding carboxylic acids is 1. The number of aryl methyl sites for hydroxylation is 1. The molecule has 0 saturated carbocycles. The summed E-state index contributed by atoms with van der Waals surface area (Å²) in [4.78, 5) is 14.7. The number of hydrogen-bond acceptors (Lipinski definition) is 2. The molecule has 2 aromatic rings. The molecule has 1 fully saturated rings. The average Bonchev–Trinajstić information content (AvgIpc) is 3.02. The van der Waals surface area contributed by atoms with Crippen molar-refractivity contribution in [2.45, 2.75) is 26.7 Å². The van der Waals surface area contributed by atoms with Gasteiger partial charge >= 0.3 is 0 Å². The van der Waals surface area contributed by atoms with Crippen LogP contribution >= 0.6 is 0 Å². The van der Waals surface area contributed by atoms with Crippen LogP contribution in [0.5, 0.6) is 0 Å². The number of anilines is 2. The van der Waals surface area contributed by atoms with Crippen LogP contribution < -0.4 is 10.2 Å². The lowest BCUT2D eigenvalue weighted by molar-refractivity contribution is 0.102. The SMILES string of the molecule is CCc1ccc(C(=O)Nc2ccc(N3CCC(C)C3)cc2)cc1. The van der Waals surface area contributed by atoms with Crippen LogP contribution in [0.25, 0.3) is 0 Å². The minimum absolute atomic E-state index is 0.0600. The minimum Gasteiger partial charge on any atom is -0.371 e. The molecule has 1 aliphatic rings. The van der Waals surface area contributed by atoms with E-state index in [2.05, 4.69) is 36.2 Å². The van der Waals surface area contributed by atoms with Crippen LogP contribution in [-0.4, -0.2) is 19.0 Å². The molecule has 2 aromatic carbocycles. The molecule has 0 radical (unpaired) electrons. The summed E-state index contributed by atoms with van der Waals surface area (Å²) in [6.07, 6.45) is 2.24. The molecule has 0 spiro atoms. The molecule has 1 saturated heterocycles. The van der Waals surface area contributed by atoms with Gasteiger partial charge in [0.2, 0.25) is 0 Å². The fourth-order valence-corrected chi connectivity index (χ4v) is 3.02. The molecular formula is C20H24N2O. The fourth-order valence-electron chi connectivity index (χ4n) is 3.02. The van der Waals surface area contributed by atoms with Crippen molar-refractivity contribution in [3.05, 3.63) is 59.7 Å². The van der Waals surface area contributed by atoms with Crippen LogP contribution in [0.3, 0.4) is 0 Å². The van der Waals surface area contributed by atoms with Gasteiger partial charge < -0.3 is 10.2 Å². The standard InChI is InChI=1S/C20H24N2O/c1-3-16-4-6-17(7-5-16)20(23)21-18-8-10-19(11-9-18)22-13-12-15(2)14-22/h4-11,15H,3,12-14H2,1-2H3,(H,21,23). The van der Waals surface area contributed by atoms with Gasteiger partial charge in [-0.05, 0) is 60.7 Å². The normalized spacial score (nSPS) is 17.3. The summed E-state index contributed by atoms with van der Waals surface area (Å²) < 4.78 is 0. The molecule has 3 rings (SSSR count). The van der Waals surface area contributed by atoms with Crippen molar-refractivity contribution in [1.82, 2.24) is 0 Å². The zero-order chi connectivity index (χ0) is 16.2. The molecule has 0 bridgehead atoms. The monoisotopic (exact) mass is 308 g/mol. The maximum atomic E-state index is 12.3. The van der Waals surface area contributed by atoms with E-state index in [1.54, 1.807) is 0 Å². The first kappa shape index (κ1) is 15.6. The van der Waals surface area contributed by atoms with Crippen molar-refractivity contribution in [2.75, 3.05) is 23.3 Å². The minimum atomic E-state index is -0.0600. The molecule has 0 aliphatic carbocycles. The number of rotatable bonds is 4. The number of carbonyl (C=O) groups is 1.